The number of carbonyl (C=O) groups excluding carboxylic acids is 1. The Morgan fingerprint density at radius 1 is 1.56 bits per heavy atom. The van der Waals surface area contributed by atoms with Gasteiger partial charge in [-0.3, -0.25) is 14.9 Å². The molecule has 0 atom stereocenters. The van der Waals surface area contributed by atoms with Crippen LogP contribution >= 0.6 is 0 Å². The largest absolute Gasteiger partial charge is 0.487 e. The summed E-state index contributed by atoms with van der Waals surface area (Å²) in [4.78, 5) is 21.3. The summed E-state index contributed by atoms with van der Waals surface area (Å²) < 4.78 is 5.09. The van der Waals surface area contributed by atoms with Crippen LogP contribution in [0.15, 0.2) is 12.1 Å². The summed E-state index contributed by atoms with van der Waals surface area (Å²) in [6.07, 6.45) is 0. The van der Waals surface area contributed by atoms with Gasteiger partial charge in [0.05, 0.1) is 11.5 Å². The molecule has 6 nitrogen and oxygen atoms in total. The quantitative estimate of drug-likeness (QED) is 0.364. The number of anilines is 1. The van der Waals surface area contributed by atoms with Crippen molar-refractivity contribution in [3.8, 4) is 5.75 Å². The zero-order chi connectivity index (χ0) is 12.3. The molecular weight excluding hydrogens is 212 g/mol. The van der Waals surface area contributed by atoms with E-state index in [-0.39, 0.29) is 35.1 Å². The maximum Gasteiger partial charge on any atom is 0.313 e. The van der Waals surface area contributed by atoms with Gasteiger partial charge >= 0.3 is 5.69 Å². The van der Waals surface area contributed by atoms with Gasteiger partial charge in [-0.1, -0.05) is 0 Å². The van der Waals surface area contributed by atoms with Crippen LogP contribution in [0.25, 0.3) is 0 Å². The fourth-order valence-corrected chi connectivity index (χ4v) is 1.30. The highest BCUT2D eigenvalue weighted by Gasteiger charge is 2.19. The molecule has 16 heavy (non-hydrogen) atoms. The standard InChI is InChI=1S/C10H12N2O4/c1-3-16-10-4-7(6(2)13)8(11)5-9(10)12(14)15/h4-5H,3,11H2,1-2H3. The summed E-state index contributed by atoms with van der Waals surface area (Å²) in [5.41, 5.74) is 5.63. The second-order valence-corrected chi connectivity index (χ2v) is 3.15. The van der Waals surface area contributed by atoms with Crippen LogP contribution in [0.2, 0.25) is 0 Å². The second-order valence-electron chi connectivity index (χ2n) is 3.15. The van der Waals surface area contributed by atoms with Gasteiger partial charge in [0.2, 0.25) is 0 Å². The molecule has 2 N–H and O–H groups in total. The molecule has 0 fully saturated rings. The van der Waals surface area contributed by atoms with Crippen molar-refractivity contribution in [2.75, 3.05) is 12.3 Å². The van der Waals surface area contributed by atoms with E-state index in [0.717, 1.165) is 6.07 Å². The number of hydrogen-bond acceptors (Lipinski definition) is 5. The minimum atomic E-state index is -0.592. The average Bonchev–Trinajstić information content (AvgIpc) is 2.19. The highest BCUT2D eigenvalue weighted by molar-refractivity contribution is 6.00. The van der Waals surface area contributed by atoms with Crippen LogP contribution in [0.4, 0.5) is 11.4 Å². The summed E-state index contributed by atoms with van der Waals surface area (Å²) in [5.74, 6) is -0.194. The first kappa shape index (κ1) is 12.0. The number of ketones is 1. The van der Waals surface area contributed by atoms with Crippen molar-refractivity contribution >= 4 is 17.2 Å². The van der Waals surface area contributed by atoms with Crippen LogP contribution in [0.1, 0.15) is 24.2 Å². The zero-order valence-corrected chi connectivity index (χ0v) is 9.02. The Bertz CT molecular complexity index is 443. The Morgan fingerprint density at radius 2 is 2.19 bits per heavy atom. The van der Waals surface area contributed by atoms with Gasteiger partial charge in [-0.15, -0.1) is 0 Å². The molecule has 1 aromatic rings. The number of nitrogens with zero attached hydrogens (tertiary/aromatic N) is 1. The van der Waals surface area contributed by atoms with Crippen molar-refractivity contribution in [1.29, 1.82) is 0 Å². The van der Waals surface area contributed by atoms with E-state index in [1.54, 1.807) is 6.92 Å². The fourth-order valence-electron chi connectivity index (χ4n) is 1.30. The summed E-state index contributed by atoms with van der Waals surface area (Å²) in [5, 5.41) is 10.7. The number of nitro groups is 1. The van der Waals surface area contributed by atoms with Gasteiger partial charge < -0.3 is 10.5 Å². The van der Waals surface area contributed by atoms with Crippen LogP contribution in [0.5, 0.6) is 5.75 Å². The lowest BCUT2D eigenvalue weighted by Gasteiger charge is -2.07. The molecule has 0 aliphatic heterocycles. The third-order valence-electron chi connectivity index (χ3n) is 2.01. The molecule has 0 bridgehead atoms. The van der Waals surface area contributed by atoms with Crippen molar-refractivity contribution in [2.45, 2.75) is 13.8 Å². The monoisotopic (exact) mass is 224 g/mol. The third-order valence-corrected chi connectivity index (χ3v) is 2.01. The number of rotatable bonds is 4. The van der Waals surface area contributed by atoms with Gasteiger partial charge in [0, 0.05) is 23.4 Å². The third kappa shape index (κ3) is 2.28. The summed E-state index contributed by atoms with van der Waals surface area (Å²) in [6.45, 7) is 3.32. The molecule has 0 unspecified atom stereocenters. The predicted molar refractivity (Wildman–Crippen MR) is 58.7 cm³/mol. The van der Waals surface area contributed by atoms with Gasteiger partial charge in [-0.05, 0) is 13.8 Å². The van der Waals surface area contributed by atoms with Crippen molar-refractivity contribution in [3.05, 3.63) is 27.8 Å². The van der Waals surface area contributed by atoms with Crippen molar-refractivity contribution in [3.63, 3.8) is 0 Å². The van der Waals surface area contributed by atoms with E-state index in [1.165, 1.54) is 13.0 Å². The molecule has 0 aromatic heterocycles. The SMILES string of the molecule is CCOc1cc(C(C)=O)c(N)cc1[N+](=O)[O-]. The number of carbonyl (C=O) groups is 1. The molecule has 1 aromatic carbocycles. The molecule has 6 heteroatoms. The zero-order valence-electron chi connectivity index (χ0n) is 9.02. The smallest absolute Gasteiger partial charge is 0.313 e. The average molecular weight is 224 g/mol. The first-order chi connectivity index (χ1) is 7.47. The maximum absolute atomic E-state index is 11.2. The van der Waals surface area contributed by atoms with Crippen LogP contribution in [-0.2, 0) is 0 Å². The van der Waals surface area contributed by atoms with E-state index in [2.05, 4.69) is 0 Å². The van der Waals surface area contributed by atoms with Gasteiger partial charge in [-0.25, -0.2) is 0 Å². The van der Waals surface area contributed by atoms with Crippen LogP contribution in [-0.4, -0.2) is 17.3 Å². The lowest BCUT2D eigenvalue weighted by Crippen LogP contribution is -2.04. The Kier molecular flexibility index (Phi) is 3.44. The molecule has 1 rings (SSSR count). The number of nitrogen functional groups attached to an aromatic ring is 1. The number of Topliss-reactive ketones (excluding diaryl/α,β-unsaturated/α-hetero) is 1. The fraction of sp³-hybridized carbons (Fsp3) is 0.300. The highest BCUT2D eigenvalue weighted by atomic mass is 16.6. The Labute approximate surface area is 92.2 Å². The van der Waals surface area contributed by atoms with Gasteiger partial charge in [0.1, 0.15) is 0 Å². The molecule has 0 radical (unpaired) electrons. The number of ether oxygens (including phenoxy) is 1. The molecule has 0 heterocycles. The van der Waals surface area contributed by atoms with Gasteiger partial charge in [-0.2, -0.15) is 0 Å². The first-order valence-electron chi connectivity index (χ1n) is 4.69. The van der Waals surface area contributed by atoms with E-state index < -0.39 is 4.92 Å². The molecule has 0 saturated heterocycles. The lowest BCUT2D eigenvalue weighted by atomic mass is 10.1. The van der Waals surface area contributed by atoms with Crippen LogP contribution < -0.4 is 10.5 Å². The highest BCUT2D eigenvalue weighted by Crippen LogP contribution is 2.32. The van der Waals surface area contributed by atoms with Crippen molar-refractivity contribution in [2.24, 2.45) is 0 Å². The van der Waals surface area contributed by atoms with Gasteiger partial charge in [0.15, 0.2) is 11.5 Å². The van der Waals surface area contributed by atoms with E-state index in [4.69, 9.17) is 10.5 Å². The van der Waals surface area contributed by atoms with E-state index in [1.807, 2.05) is 0 Å². The number of nitro benzene ring substituents is 1. The van der Waals surface area contributed by atoms with Crippen molar-refractivity contribution < 1.29 is 14.5 Å². The minimum absolute atomic E-state index is 0.0619. The predicted octanol–water partition coefficient (Wildman–Crippen LogP) is 1.78. The summed E-state index contributed by atoms with van der Waals surface area (Å²) in [7, 11) is 0. The van der Waals surface area contributed by atoms with Crippen molar-refractivity contribution in [1.82, 2.24) is 0 Å². The number of benzene rings is 1. The molecule has 0 spiro atoms. The van der Waals surface area contributed by atoms with Crippen LogP contribution in [0, 0.1) is 10.1 Å². The number of nitrogens with two attached hydrogens (primary N) is 1. The van der Waals surface area contributed by atoms with Crippen LogP contribution in [0.3, 0.4) is 0 Å². The molecule has 0 aliphatic carbocycles. The van der Waals surface area contributed by atoms with E-state index in [0.29, 0.717) is 0 Å². The molecule has 86 valence electrons. The minimum Gasteiger partial charge on any atom is -0.487 e. The molecule has 0 saturated carbocycles. The normalized spacial score (nSPS) is 9.88. The topological polar surface area (TPSA) is 95.5 Å². The first-order valence-corrected chi connectivity index (χ1v) is 4.69. The molecule has 0 amide bonds. The maximum atomic E-state index is 11.2. The molecule has 0 aliphatic rings. The van der Waals surface area contributed by atoms with E-state index in [9.17, 15) is 14.9 Å². The summed E-state index contributed by atoms with van der Waals surface area (Å²) >= 11 is 0. The Hall–Kier alpha value is -2.11. The second kappa shape index (κ2) is 4.61. The van der Waals surface area contributed by atoms with Gasteiger partial charge in [0.25, 0.3) is 0 Å². The lowest BCUT2D eigenvalue weighted by molar-refractivity contribution is -0.385. The molecular formula is C10H12N2O4. The Balaban J connectivity index is 3.36. The van der Waals surface area contributed by atoms with E-state index >= 15 is 0 Å². The summed E-state index contributed by atoms with van der Waals surface area (Å²) in [6, 6.07) is 2.45. The number of hydrogen-bond donors (Lipinski definition) is 1. The Morgan fingerprint density at radius 3 is 2.62 bits per heavy atom.